The molecule has 8 heteroatoms. The van der Waals surface area contributed by atoms with Crippen molar-refractivity contribution in [3.8, 4) is 0 Å². The average Bonchev–Trinajstić information content (AvgIpc) is 2.71. The zero-order chi connectivity index (χ0) is 19.9. The summed E-state index contributed by atoms with van der Waals surface area (Å²) in [6.45, 7) is 0. The van der Waals surface area contributed by atoms with Crippen LogP contribution in [0.3, 0.4) is 0 Å². The van der Waals surface area contributed by atoms with Crippen LogP contribution >= 0.6 is 23.2 Å². The summed E-state index contributed by atoms with van der Waals surface area (Å²) in [5, 5.41) is 8.54. The molecule has 140 valence electrons. The number of rotatable bonds is 5. The number of hydrogen-bond donors (Lipinski definition) is 1. The number of anilines is 1. The summed E-state index contributed by atoms with van der Waals surface area (Å²) < 4.78 is 0. The van der Waals surface area contributed by atoms with E-state index in [1.165, 1.54) is 6.07 Å². The number of nitrogens with zero attached hydrogens (tertiary/aromatic N) is 2. The van der Waals surface area contributed by atoms with Gasteiger partial charge in [-0.3, -0.25) is 4.79 Å². The monoisotopic (exact) mass is 413 g/mol. The molecule has 1 amide bonds. The molecule has 0 aliphatic rings. The van der Waals surface area contributed by atoms with E-state index in [4.69, 9.17) is 28.0 Å². The SMILES string of the molecule is O=C(N=Nc1ccc(NOC(=O)c2cccc(Cl)c2)cc1)c1ccc(Cl)cc1. The highest BCUT2D eigenvalue weighted by Gasteiger charge is 2.08. The topological polar surface area (TPSA) is 80.1 Å². The third kappa shape index (κ3) is 5.39. The first-order valence-electron chi connectivity index (χ1n) is 8.06. The Morgan fingerprint density at radius 2 is 1.54 bits per heavy atom. The van der Waals surface area contributed by atoms with Gasteiger partial charge in [-0.25, -0.2) is 10.3 Å². The number of nitrogens with one attached hydrogen (secondary N) is 1. The fraction of sp³-hybridized carbons (Fsp3) is 0. The molecule has 0 aliphatic carbocycles. The van der Waals surface area contributed by atoms with E-state index >= 15 is 0 Å². The van der Waals surface area contributed by atoms with Gasteiger partial charge in [0, 0.05) is 15.6 Å². The molecule has 3 rings (SSSR count). The Kier molecular flexibility index (Phi) is 6.37. The van der Waals surface area contributed by atoms with Crippen LogP contribution < -0.4 is 5.48 Å². The first-order chi connectivity index (χ1) is 13.5. The molecule has 0 unspecified atom stereocenters. The van der Waals surface area contributed by atoms with Gasteiger partial charge in [-0.1, -0.05) is 29.3 Å². The number of hydrogen-bond acceptors (Lipinski definition) is 5. The molecule has 1 N–H and O–H groups in total. The number of halogens is 2. The fourth-order valence-corrected chi connectivity index (χ4v) is 2.45. The van der Waals surface area contributed by atoms with Crippen molar-refractivity contribution >= 4 is 46.5 Å². The maximum Gasteiger partial charge on any atom is 0.362 e. The van der Waals surface area contributed by atoms with E-state index in [0.29, 0.717) is 32.5 Å². The highest BCUT2D eigenvalue weighted by Crippen LogP contribution is 2.18. The molecular weight excluding hydrogens is 401 g/mol. The van der Waals surface area contributed by atoms with Crippen LogP contribution in [-0.4, -0.2) is 11.9 Å². The molecule has 6 nitrogen and oxygen atoms in total. The number of carbonyl (C=O) groups excluding carboxylic acids is 2. The van der Waals surface area contributed by atoms with Crippen LogP contribution in [0.15, 0.2) is 83.0 Å². The molecule has 0 saturated heterocycles. The second-order valence-electron chi connectivity index (χ2n) is 5.56. The Hall–Kier alpha value is -3.22. The quantitative estimate of drug-likeness (QED) is 0.404. The Balaban J connectivity index is 1.56. The molecule has 0 heterocycles. The number of carbonyl (C=O) groups is 2. The summed E-state index contributed by atoms with van der Waals surface area (Å²) >= 11 is 11.6. The van der Waals surface area contributed by atoms with Crippen molar-refractivity contribution in [2.75, 3.05) is 5.48 Å². The number of azo groups is 1. The van der Waals surface area contributed by atoms with Gasteiger partial charge < -0.3 is 4.84 Å². The minimum absolute atomic E-state index is 0.325. The lowest BCUT2D eigenvalue weighted by molar-refractivity contribution is 0.0596. The van der Waals surface area contributed by atoms with Gasteiger partial charge in [-0.2, -0.15) is 0 Å². The van der Waals surface area contributed by atoms with Crippen LogP contribution in [-0.2, 0) is 4.84 Å². The van der Waals surface area contributed by atoms with E-state index in [1.807, 2.05) is 0 Å². The predicted octanol–water partition coefficient (Wildman–Crippen LogP) is 6.10. The van der Waals surface area contributed by atoms with Gasteiger partial charge in [-0.15, -0.1) is 10.2 Å². The lowest BCUT2D eigenvalue weighted by atomic mass is 10.2. The zero-order valence-electron chi connectivity index (χ0n) is 14.3. The van der Waals surface area contributed by atoms with E-state index in [-0.39, 0.29) is 0 Å². The van der Waals surface area contributed by atoms with Gasteiger partial charge in [0.1, 0.15) is 0 Å². The lowest BCUT2D eigenvalue weighted by Gasteiger charge is -2.07. The first kappa shape index (κ1) is 19.5. The van der Waals surface area contributed by atoms with Crippen LogP contribution in [0, 0.1) is 0 Å². The van der Waals surface area contributed by atoms with Crippen LogP contribution in [0.4, 0.5) is 11.4 Å². The Morgan fingerprint density at radius 1 is 0.821 bits per heavy atom. The van der Waals surface area contributed by atoms with Crippen molar-refractivity contribution in [1.29, 1.82) is 0 Å². The molecule has 0 bridgehead atoms. The highest BCUT2D eigenvalue weighted by molar-refractivity contribution is 6.31. The molecular formula is C20H13Cl2N3O3. The second kappa shape index (κ2) is 9.12. The van der Waals surface area contributed by atoms with Gasteiger partial charge in [-0.05, 0) is 66.7 Å². The van der Waals surface area contributed by atoms with Crippen LogP contribution in [0.25, 0.3) is 0 Å². The van der Waals surface area contributed by atoms with Gasteiger partial charge in [0.15, 0.2) is 0 Å². The summed E-state index contributed by atoms with van der Waals surface area (Å²) in [4.78, 5) is 28.9. The first-order valence-corrected chi connectivity index (χ1v) is 8.81. The summed E-state index contributed by atoms with van der Waals surface area (Å²) in [6.07, 6.45) is 0. The van der Waals surface area contributed by atoms with Gasteiger partial charge in [0.05, 0.1) is 16.9 Å². The molecule has 0 spiro atoms. The standard InChI is InChI=1S/C20H13Cl2N3O3/c21-15-6-4-13(5-7-15)19(26)24-23-17-8-10-18(11-9-17)25-28-20(27)14-2-1-3-16(22)12-14/h1-12,25H. The normalized spacial score (nSPS) is 10.6. The molecule has 0 atom stereocenters. The maximum atomic E-state index is 11.9. The van der Waals surface area contributed by atoms with Gasteiger partial charge in [0.2, 0.25) is 0 Å². The summed E-state index contributed by atoms with van der Waals surface area (Å²) in [7, 11) is 0. The molecule has 0 aliphatic heterocycles. The largest absolute Gasteiger partial charge is 0.362 e. The number of benzene rings is 3. The van der Waals surface area contributed by atoms with Crippen molar-refractivity contribution in [1.82, 2.24) is 0 Å². The Bertz CT molecular complexity index is 1020. The van der Waals surface area contributed by atoms with Crippen LogP contribution in [0.5, 0.6) is 0 Å². The molecule has 3 aromatic rings. The summed E-state index contributed by atoms with van der Waals surface area (Å²) in [6, 6.07) is 19.3. The third-order valence-electron chi connectivity index (χ3n) is 3.54. The molecule has 28 heavy (non-hydrogen) atoms. The van der Waals surface area contributed by atoms with Gasteiger partial charge in [0.25, 0.3) is 5.91 Å². The summed E-state index contributed by atoms with van der Waals surface area (Å²) in [5.41, 5.74) is 4.25. The van der Waals surface area contributed by atoms with Gasteiger partial charge >= 0.3 is 5.97 Å². The molecule has 0 saturated carbocycles. The average molecular weight is 414 g/mol. The van der Waals surface area contributed by atoms with E-state index < -0.39 is 11.9 Å². The second-order valence-corrected chi connectivity index (χ2v) is 6.43. The number of amides is 1. The van der Waals surface area contributed by atoms with Crippen molar-refractivity contribution in [2.45, 2.75) is 0 Å². The van der Waals surface area contributed by atoms with Crippen molar-refractivity contribution in [3.05, 3.63) is 94.0 Å². The van der Waals surface area contributed by atoms with E-state index in [9.17, 15) is 9.59 Å². The Morgan fingerprint density at radius 3 is 2.21 bits per heavy atom. The smallest absolute Gasteiger partial charge is 0.338 e. The van der Waals surface area contributed by atoms with Crippen molar-refractivity contribution < 1.29 is 14.4 Å². The zero-order valence-corrected chi connectivity index (χ0v) is 15.8. The predicted molar refractivity (Wildman–Crippen MR) is 107 cm³/mol. The fourth-order valence-electron chi connectivity index (χ4n) is 2.13. The maximum absolute atomic E-state index is 11.9. The minimum Gasteiger partial charge on any atom is -0.338 e. The van der Waals surface area contributed by atoms with Crippen LogP contribution in [0.1, 0.15) is 20.7 Å². The highest BCUT2D eigenvalue weighted by atomic mass is 35.5. The van der Waals surface area contributed by atoms with E-state index in [2.05, 4.69) is 15.7 Å². The third-order valence-corrected chi connectivity index (χ3v) is 4.02. The summed E-state index contributed by atoms with van der Waals surface area (Å²) in [5.74, 6) is -1.05. The minimum atomic E-state index is -0.570. The molecule has 0 aromatic heterocycles. The van der Waals surface area contributed by atoms with E-state index in [1.54, 1.807) is 66.7 Å². The molecule has 0 radical (unpaired) electrons. The van der Waals surface area contributed by atoms with Crippen molar-refractivity contribution in [3.63, 3.8) is 0 Å². The molecule has 0 fully saturated rings. The van der Waals surface area contributed by atoms with Crippen molar-refractivity contribution in [2.24, 2.45) is 10.2 Å². The lowest BCUT2D eigenvalue weighted by Crippen LogP contribution is -2.10. The molecule has 3 aromatic carbocycles. The van der Waals surface area contributed by atoms with Crippen LogP contribution in [0.2, 0.25) is 10.0 Å². The Labute approximate surface area is 170 Å². The van der Waals surface area contributed by atoms with E-state index in [0.717, 1.165) is 0 Å².